The van der Waals surface area contributed by atoms with Crippen molar-refractivity contribution in [2.75, 3.05) is 4.72 Å². The smallest absolute Gasteiger partial charge is 0.272 e. The molecule has 1 heterocycles. The molecule has 0 aliphatic rings. The first kappa shape index (κ1) is 15.6. The van der Waals surface area contributed by atoms with Crippen molar-refractivity contribution in [3.63, 3.8) is 0 Å². The highest BCUT2D eigenvalue weighted by Crippen LogP contribution is 2.37. The van der Waals surface area contributed by atoms with E-state index in [9.17, 15) is 8.42 Å². The Kier molecular flexibility index (Phi) is 4.85. The summed E-state index contributed by atoms with van der Waals surface area (Å²) >= 11 is 19.5. The van der Waals surface area contributed by atoms with Crippen molar-refractivity contribution in [3.05, 3.63) is 42.6 Å². The fraction of sp³-hybridized carbons (Fsp3) is 0. The Morgan fingerprint density at radius 2 is 1.74 bits per heavy atom. The molecule has 0 amide bonds. The van der Waals surface area contributed by atoms with E-state index in [1.807, 2.05) is 0 Å². The highest BCUT2D eigenvalue weighted by molar-refractivity contribution is 9.10. The lowest BCUT2D eigenvalue weighted by Crippen LogP contribution is -2.12. The number of thiophene rings is 1. The monoisotopic (exact) mass is 463 g/mol. The van der Waals surface area contributed by atoms with Gasteiger partial charge in [-0.15, -0.1) is 11.3 Å². The molecule has 0 saturated heterocycles. The maximum atomic E-state index is 12.2. The molecule has 2 aromatic rings. The Balaban J connectivity index is 2.42. The SMILES string of the molecule is O=S(=O)(Nc1ccc(Br)c(Cl)c1Cl)c1sccc1Br. The van der Waals surface area contributed by atoms with Crippen LogP contribution < -0.4 is 4.72 Å². The zero-order valence-corrected chi connectivity index (χ0v) is 15.3. The van der Waals surface area contributed by atoms with Crippen LogP contribution in [0, 0.1) is 0 Å². The predicted molar refractivity (Wildman–Crippen MR) is 87.0 cm³/mol. The molecular weight excluding hydrogens is 461 g/mol. The lowest BCUT2D eigenvalue weighted by atomic mass is 10.3. The number of hydrogen-bond acceptors (Lipinski definition) is 3. The summed E-state index contributed by atoms with van der Waals surface area (Å²) in [4.78, 5) is 0. The van der Waals surface area contributed by atoms with Gasteiger partial charge in [0, 0.05) is 8.95 Å². The lowest BCUT2D eigenvalue weighted by molar-refractivity contribution is 0.603. The summed E-state index contributed by atoms with van der Waals surface area (Å²) in [6, 6.07) is 4.82. The van der Waals surface area contributed by atoms with Crippen LogP contribution in [0.15, 0.2) is 36.7 Å². The Labute approximate surface area is 141 Å². The molecule has 1 N–H and O–H groups in total. The van der Waals surface area contributed by atoms with E-state index < -0.39 is 10.0 Å². The largest absolute Gasteiger partial charge is 0.277 e. The third-order valence-corrected chi connectivity index (χ3v) is 7.91. The van der Waals surface area contributed by atoms with Gasteiger partial charge in [-0.2, -0.15) is 0 Å². The number of sulfonamides is 1. The minimum Gasteiger partial charge on any atom is -0.277 e. The van der Waals surface area contributed by atoms with E-state index in [0.717, 1.165) is 11.3 Å². The van der Waals surface area contributed by atoms with Crippen molar-refractivity contribution in [1.29, 1.82) is 0 Å². The molecule has 0 aliphatic carbocycles. The number of halogens is 4. The first-order valence-electron chi connectivity index (χ1n) is 4.72. The molecule has 0 radical (unpaired) electrons. The van der Waals surface area contributed by atoms with Crippen LogP contribution >= 0.6 is 66.4 Å². The van der Waals surface area contributed by atoms with Gasteiger partial charge in [-0.3, -0.25) is 4.72 Å². The van der Waals surface area contributed by atoms with Crippen molar-refractivity contribution in [2.45, 2.75) is 4.21 Å². The van der Waals surface area contributed by atoms with Gasteiger partial charge in [0.05, 0.1) is 15.7 Å². The number of anilines is 1. The summed E-state index contributed by atoms with van der Waals surface area (Å²) in [6.07, 6.45) is 0. The second-order valence-corrected chi connectivity index (χ2v) is 8.64. The zero-order chi connectivity index (χ0) is 14.2. The Morgan fingerprint density at radius 1 is 1.05 bits per heavy atom. The zero-order valence-electron chi connectivity index (χ0n) is 8.95. The standard InChI is InChI=1S/C10H5Br2Cl2NO2S2/c11-5-1-2-7(9(14)8(5)13)15-19(16,17)10-6(12)3-4-18-10/h1-4,15H. The first-order chi connectivity index (χ1) is 8.83. The van der Waals surface area contributed by atoms with Crippen molar-refractivity contribution in [2.24, 2.45) is 0 Å². The number of nitrogens with one attached hydrogen (secondary N) is 1. The van der Waals surface area contributed by atoms with Gasteiger partial charge in [0.25, 0.3) is 10.0 Å². The highest BCUT2D eigenvalue weighted by Gasteiger charge is 2.21. The van der Waals surface area contributed by atoms with Gasteiger partial charge in [-0.05, 0) is 55.4 Å². The first-order valence-corrected chi connectivity index (χ1v) is 9.42. The van der Waals surface area contributed by atoms with Gasteiger partial charge < -0.3 is 0 Å². The average molecular weight is 466 g/mol. The van der Waals surface area contributed by atoms with Crippen LogP contribution in [0.25, 0.3) is 0 Å². The van der Waals surface area contributed by atoms with Crippen LogP contribution in [-0.4, -0.2) is 8.42 Å². The quantitative estimate of drug-likeness (QED) is 0.618. The van der Waals surface area contributed by atoms with E-state index in [4.69, 9.17) is 23.2 Å². The molecule has 0 bridgehead atoms. The molecule has 0 unspecified atom stereocenters. The minimum atomic E-state index is -3.69. The highest BCUT2D eigenvalue weighted by atomic mass is 79.9. The van der Waals surface area contributed by atoms with Gasteiger partial charge in [-0.25, -0.2) is 8.42 Å². The maximum absolute atomic E-state index is 12.2. The number of hydrogen-bond donors (Lipinski definition) is 1. The Hall–Kier alpha value is 0.210. The van der Waals surface area contributed by atoms with Crippen molar-refractivity contribution < 1.29 is 8.42 Å². The summed E-state index contributed by atoms with van der Waals surface area (Å²) in [5, 5.41) is 2.08. The number of benzene rings is 1. The van der Waals surface area contributed by atoms with Gasteiger partial charge in [0.15, 0.2) is 4.21 Å². The van der Waals surface area contributed by atoms with E-state index in [1.54, 1.807) is 17.5 Å². The summed E-state index contributed by atoms with van der Waals surface area (Å²) in [5.74, 6) is 0. The molecule has 0 saturated carbocycles. The van der Waals surface area contributed by atoms with Crippen molar-refractivity contribution in [1.82, 2.24) is 0 Å². The molecule has 0 fully saturated rings. The van der Waals surface area contributed by atoms with E-state index in [0.29, 0.717) is 8.95 Å². The lowest BCUT2D eigenvalue weighted by Gasteiger charge is -2.10. The van der Waals surface area contributed by atoms with Gasteiger partial charge in [0.2, 0.25) is 0 Å². The molecule has 0 atom stereocenters. The van der Waals surface area contributed by atoms with Crippen LogP contribution in [0.1, 0.15) is 0 Å². The molecular formula is C10H5Br2Cl2NO2S2. The Morgan fingerprint density at radius 3 is 2.32 bits per heavy atom. The second kappa shape index (κ2) is 5.91. The van der Waals surface area contributed by atoms with Crippen LogP contribution in [0.4, 0.5) is 5.69 Å². The summed E-state index contributed by atoms with van der Waals surface area (Å²) < 4.78 is 28.1. The van der Waals surface area contributed by atoms with Crippen LogP contribution in [0.3, 0.4) is 0 Å². The summed E-state index contributed by atoms with van der Waals surface area (Å²) in [6.45, 7) is 0. The molecule has 9 heteroatoms. The second-order valence-electron chi connectivity index (χ2n) is 3.38. The maximum Gasteiger partial charge on any atom is 0.272 e. The average Bonchev–Trinajstić information content (AvgIpc) is 2.77. The molecule has 0 spiro atoms. The molecule has 3 nitrogen and oxygen atoms in total. The molecule has 1 aromatic heterocycles. The van der Waals surface area contributed by atoms with E-state index in [1.165, 1.54) is 6.07 Å². The number of rotatable bonds is 3. The van der Waals surface area contributed by atoms with Crippen LogP contribution in [-0.2, 0) is 10.0 Å². The Bertz CT molecular complexity index is 731. The molecule has 1 aromatic carbocycles. The van der Waals surface area contributed by atoms with Gasteiger partial charge in [-0.1, -0.05) is 23.2 Å². The summed E-state index contributed by atoms with van der Waals surface area (Å²) in [7, 11) is -3.69. The van der Waals surface area contributed by atoms with E-state index in [2.05, 4.69) is 36.6 Å². The fourth-order valence-corrected chi connectivity index (χ4v) is 5.56. The van der Waals surface area contributed by atoms with E-state index >= 15 is 0 Å². The normalized spacial score (nSPS) is 11.6. The molecule has 19 heavy (non-hydrogen) atoms. The van der Waals surface area contributed by atoms with Crippen molar-refractivity contribution >= 4 is 82.1 Å². The molecule has 2 rings (SSSR count). The van der Waals surface area contributed by atoms with Crippen molar-refractivity contribution in [3.8, 4) is 0 Å². The predicted octanol–water partition coefficient (Wildman–Crippen LogP) is 5.38. The minimum absolute atomic E-state index is 0.146. The molecule has 102 valence electrons. The van der Waals surface area contributed by atoms with Gasteiger partial charge in [0.1, 0.15) is 0 Å². The topological polar surface area (TPSA) is 46.2 Å². The fourth-order valence-electron chi connectivity index (χ4n) is 1.27. The van der Waals surface area contributed by atoms with Crippen LogP contribution in [0.2, 0.25) is 10.0 Å². The third kappa shape index (κ3) is 3.28. The summed E-state index contributed by atoms with van der Waals surface area (Å²) in [5.41, 5.74) is 0.232. The van der Waals surface area contributed by atoms with Gasteiger partial charge >= 0.3 is 0 Å². The van der Waals surface area contributed by atoms with Crippen LogP contribution in [0.5, 0.6) is 0 Å². The molecule has 0 aliphatic heterocycles. The third-order valence-electron chi connectivity index (χ3n) is 2.11. The van der Waals surface area contributed by atoms with E-state index in [-0.39, 0.29) is 19.9 Å².